The Hall–Kier alpha value is 0.531. The zero-order chi connectivity index (χ0) is 15.5. The summed E-state index contributed by atoms with van der Waals surface area (Å²) in [5.74, 6) is 0. The van der Waals surface area contributed by atoms with E-state index in [9.17, 15) is 0 Å². The zero-order valence-corrected chi connectivity index (χ0v) is 17.8. The molecule has 0 N–H and O–H groups in total. The van der Waals surface area contributed by atoms with E-state index < -0.39 is 25.0 Å². The van der Waals surface area contributed by atoms with Gasteiger partial charge in [-0.25, -0.2) is 0 Å². The second-order valence-electron chi connectivity index (χ2n) is 7.21. The minimum atomic E-state index is -2.13. The zero-order valence-electron chi connectivity index (χ0n) is 14.8. The highest BCUT2D eigenvalue weighted by Gasteiger charge is 2.51. The molecule has 116 valence electrons. The van der Waals surface area contributed by atoms with Gasteiger partial charge in [0, 0.05) is 19.9 Å². The predicted octanol–water partition coefficient (Wildman–Crippen LogP) is 4.03. The van der Waals surface area contributed by atoms with Crippen molar-refractivity contribution in [3.8, 4) is 0 Å². The summed E-state index contributed by atoms with van der Waals surface area (Å²) in [7, 11) is -1.24. The molecule has 0 aliphatic carbocycles. The molecule has 6 heteroatoms. The van der Waals surface area contributed by atoms with E-state index in [2.05, 4.69) is 57.4 Å². The number of nitrogens with zero attached hydrogens (tertiary/aromatic N) is 1. The van der Waals surface area contributed by atoms with Crippen LogP contribution >= 0.6 is 0 Å². The predicted molar refractivity (Wildman–Crippen MR) is 92.9 cm³/mol. The molecule has 19 heavy (non-hydrogen) atoms. The van der Waals surface area contributed by atoms with Crippen LogP contribution in [-0.2, 0) is 8.85 Å². The molecule has 0 rings (SSSR count). The van der Waals surface area contributed by atoms with Crippen molar-refractivity contribution in [3.05, 3.63) is 0 Å². The highest BCUT2D eigenvalue weighted by atomic mass is 28.4. The van der Waals surface area contributed by atoms with E-state index in [0.717, 1.165) is 12.5 Å². The van der Waals surface area contributed by atoms with Crippen LogP contribution < -0.4 is 0 Å². The molecule has 0 saturated carbocycles. The molecular weight excluding hydrogens is 286 g/mol. The second-order valence-corrected chi connectivity index (χ2v) is 21.1. The Bertz CT molecular complexity index is 248. The normalized spacial score (nSPS) is 15.9. The van der Waals surface area contributed by atoms with Crippen molar-refractivity contribution < 1.29 is 8.85 Å². The lowest BCUT2D eigenvalue weighted by molar-refractivity contribution is 0.212. The third-order valence-electron chi connectivity index (χ3n) is 3.84. The molecule has 0 fully saturated rings. The Morgan fingerprint density at radius 2 is 1.21 bits per heavy atom. The molecule has 1 unspecified atom stereocenters. The monoisotopic (exact) mass is 321 g/mol. The van der Waals surface area contributed by atoms with Gasteiger partial charge in [-0.3, -0.25) is 0 Å². The lowest BCUT2D eigenvalue weighted by atomic mass is 10.5. The van der Waals surface area contributed by atoms with Gasteiger partial charge in [0.05, 0.1) is 0 Å². The van der Waals surface area contributed by atoms with Crippen LogP contribution in [0.3, 0.4) is 0 Å². The minimum Gasteiger partial charge on any atom is -0.397 e. The minimum absolute atomic E-state index is 0.478. The summed E-state index contributed by atoms with van der Waals surface area (Å²) in [6, 6.07) is 1.02. The van der Waals surface area contributed by atoms with Gasteiger partial charge in [0.1, 0.15) is 16.5 Å². The average Bonchev–Trinajstić information content (AvgIpc) is 2.26. The number of hydrogen-bond donors (Lipinski definition) is 0. The maximum Gasteiger partial charge on any atom is 0.353 e. The fourth-order valence-corrected chi connectivity index (χ4v) is 20.1. The van der Waals surface area contributed by atoms with Crippen molar-refractivity contribution in [1.82, 2.24) is 4.23 Å². The standard InChI is InChI=1S/C13H35NO2Si3/c1-11-13(19(12-2,15-3)16-4)14(17(5,6)7)18(8,9)10/h13H,11-12H2,1-10H3. The lowest BCUT2D eigenvalue weighted by Crippen LogP contribution is -2.71. The molecule has 0 heterocycles. The number of hydrogen-bond acceptors (Lipinski definition) is 3. The summed E-state index contributed by atoms with van der Waals surface area (Å²) in [5, 5.41) is 0. The van der Waals surface area contributed by atoms with Gasteiger partial charge in [-0.05, 0) is 12.5 Å². The maximum absolute atomic E-state index is 5.98. The summed E-state index contributed by atoms with van der Waals surface area (Å²) >= 11 is 0. The largest absolute Gasteiger partial charge is 0.397 e. The summed E-state index contributed by atoms with van der Waals surface area (Å²) in [5.41, 5.74) is 0.478. The first-order chi connectivity index (χ1) is 8.50. The van der Waals surface area contributed by atoms with E-state index in [0.29, 0.717) is 5.67 Å². The first kappa shape index (κ1) is 19.5. The summed E-state index contributed by atoms with van der Waals surface area (Å²) in [6.45, 7) is 19.2. The fourth-order valence-electron chi connectivity index (χ4n) is 3.51. The van der Waals surface area contributed by atoms with E-state index in [1.165, 1.54) is 0 Å². The lowest BCUT2D eigenvalue weighted by Gasteiger charge is -2.52. The topological polar surface area (TPSA) is 21.7 Å². The van der Waals surface area contributed by atoms with Gasteiger partial charge in [0.25, 0.3) is 0 Å². The van der Waals surface area contributed by atoms with Crippen molar-refractivity contribution in [2.45, 2.75) is 71.3 Å². The van der Waals surface area contributed by atoms with Crippen LogP contribution in [0.25, 0.3) is 0 Å². The van der Waals surface area contributed by atoms with Gasteiger partial charge in [-0.2, -0.15) is 0 Å². The van der Waals surface area contributed by atoms with Crippen molar-refractivity contribution in [3.63, 3.8) is 0 Å². The molecule has 1 atom stereocenters. The van der Waals surface area contributed by atoms with E-state index in [1.54, 1.807) is 0 Å². The van der Waals surface area contributed by atoms with Crippen molar-refractivity contribution in [2.75, 3.05) is 14.2 Å². The highest BCUT2D eigenvalue weighted by molar-refractivity contribution is 6.91. The summed E-state index contributed by atoms with van der Waals surface area (Å²) in [6.07, 6.45) is 1.12. The molecule has 0 aliphatic heterocycles. The average molecular weight is 322 g/mol. The van der Waals surface area contributed by atoms with Crippen LogP contribution in [0.2, 0.25) is 45.3 Å². The van der Waals surface area contributed by atoms with Crippen molar-refractivity contribution in [2.24, 2.45) is 0 Å². The van der Waals surface area contributed by atoms with Gasteiger partial charge in [0.2, 0.25) is 0 Å². The van der Waals surface area contributed by atoms with Crippen molar-refractivity contribution in [1.29, 1.82) is 0 Å². The van der Waals surface area contributed by atoms with Gasteiger partial charge >= 0.3 is 8.56 Å². The van der Waals surface area contributed by atoms with Crippen LogP contribution in [0.4, 0.5) is 0 Å². The van der Waals surface area contributed by atoms with Crippen LogP contribution in [0.1, 0.15) is 20.3 Å². The van der Waals surface area contributed by atoms with Gasteiger partial charge in [-0.1, -0.05) is 53.1 Å². The van der Waals surface area contributed by atoms with E-state index in [-0.39, 0.29) is 0 Å². The third kappa shape index (κ3) is 4.50. The van der Waals surface area contributed by atoms with Crippen LogP contribution in [0.5, 0.6) is 0 Å². The molecule has 0 saturated heterocycles. The Balaban J connectivity index is 5.74. The summed E-state index contributed by atoms with van der Waals surface area (Å²) in [4.78, 5) is 0. The smallest absolute Gasteiger partial charge is 0.353 e. The third-order valence-corrected chi connectivity index (χ3v) is 15.9. The Kier molecular flexibility index (Phi) is 7.19. The fraction of sp³-hybridized carbons (Fsp3) is 1.00. The van der Waals surface area contributed by atoms with E-state index in [4.69, 9.17) is 8.85 Å². The SMILES string of the molecule is CCC(N([Si](C)(C)C)[Si](C)(C)C)[Si](CC)(OC)OC. The summed E-state index contributed by atoms with van der Waals surface area (Å²) < 4.78 is 14.8. The van der Waals surface area contributed by atoms with Gasteiger partial charge in [-0.15, -0.1) is 0 Å². The van der Waals surface area contributed by atoms with E-state index in [1.807, 2.05) is 14.2 Å². The van der Waals surface area contributed by atoms with Crippen LogP contribution in [0, 0.1) is 0 Å². The van der Waals surface area contributed by atoms with E-state index >= 15 is 0 Å². The molecular formula is C13H35NO2Si3. The molecule has 0 radical (unpaired) electrons. The molecule has 0 aromatic heterocycles. The first-order valence-corrected chi connectivity index (χ1v) is 16.4. The molecule has 0 aromatic carbocycles. The second kappa shape index (κ2) is 7.00. The molecule has 0 aliphatic rings. The highest BCUT2D eigenvalue weighted by Crippen LogP contribution is 2.32. The Morgan fingerprint density at radius 3 is 1.37 bits per heavy atom. The maximum atomic E-state index is 5.98. The molecule has 0 amide bonds. The number of rotatable bonds is 8. The quantitative estimate of drug-likeness (QED) is 0.630. The first-order valence-electron chi connectivity index (χ1n) is 7.39. The van der Waals surface area contributed by atoms with Gasteiger partial charge in [0.15, 0.2) is 0 Å². The Morgan fingerprint density at radius 1 is 0.842 bits per heavy atom. The van der Waals surface area contributed by atoms with Gasteiger partial charge < -0.3 is 13.1 Å². The van der Waals surface area contributed by atoms with Crippen molar-refractivity contribution >= 4 is 25.0 Å². The Labute approximate surface area is 124 Å². The molecule has 3 nitrogen and oxygen atoms in total. The molecule has 0 spiro atoms. The van der Waals surface area contributed by atoms with Crippen LogP contribution in [-0.4, -0.2) is 49.1 Å². The van der Waals surface area contributed by atoms with Crippen LogP contribution in [0.15, 0.2) is 0 Å². The molecule has 0 bridgehead atoms. The molecule has 0 aromatic rings.